The maximum atomic E-state index is 14.8. The minimum absolute atomic E-state index is 0.0335. The van der Waals surface area contributed by atoms with Gasteiger partial charge in [0.15, 0.2) is 0 Å². The number of nitrogens with one attached hydrogen (secondary N) is 2. The number of aliphatic imine (C=N–C) groups is 1. The van der Waals surface area contributed by atoms with E-state index in [9.17, 15) is 46.2 Å². The summed E-state index contributed by atoms with van der Waals surface area (Å²) in [7, 11) is 1.34. The van der Waals surface area contributed by atoms with Crippen LogP contribution in [0.5, 0.6) is 0 Å². The highest BCUT2D eigenvalue weighted by molar-refractivity contribution is 6.04. The number of H-pyrrole nitrogens is 1. The summed E-state index contributed by atoms with van der Waals surface area (Å²) < 4.78 is 66.2. The summed E-state index contributed by atoms with van der Waals surface area (Å²) in [5, 5.41) is 19.5. The molecule has 360 valence electrons. The quantitative estimate of drug-likeness (QED) is 0.0777. The number of anilines is 1. The van der Waals surface area contributed by atoms with E-state index >= 15 is 0 Å². The number of allylic oxidation sites excluding steroid dienone is 1. The fourth-order valence-corrected chi connectivity index (χ4v) is 9.36. The first-order chi connectivity index (χ1) is 32.7. The molecule has 4 aliphatic heterocycles. The molecule has 2 aromatic heterocycles. The molecule has 4 N–H and O–H groups in total. The topological polar surface area (TPSA) is 207 Å². The van der Waals surface area contributed by atoms with Gasteiger partial charge in [-0.15, -0.1) is 0 Å². The molecule has 1 saturated heterocycles. The van der Waals surface area contributed by atoms with Crippen LogP contribution in [-0.2, 0) is 36.8 Å². The van der Waals surface area contributed by atoms with Gasteiger partial charge < -0.3 is 35.1 Å². The molecule has 4 aliphatic rings. The van der Waals surface area contributed by atoms with Crippen LogP contribution >= 0.6 is 0 Å². The molecule has 9 rings (SSSR count). The second-order valence-corrected chi connectivity index (χ2v) is 17.7. The Hall–Kier alpha value is -7.51. The van der Waals surface area contributed by atoms with Crippen molar-refractivity contribution in [1.82, 2.24) is 25.2 Å². The number of benzene rings is 3. The first-order valence-electron chi connectivity index (χ1n) is 22.0. The lowest BCUT2D eigenvalue weighted by Crippen LogP contribution is -2.53. The number of ether oxygens (including phenoxy) is 1. The molecule has 1 fully saturated rings. The van der Waals surface area contributed by atoms with E-state index in [0.717, 1.165) is 66.1 Å². The number of nitrogens with zero attached hydrogens (tertiary/aromatic N) is 5. The number of pyridine rings is 1. The number of amides is 3. The number of carboxylic acid groups (broad SMARTS) is 2. The lowest BCUT2D eigenvalue weighted by Gasteiger charge is -2.30. The highest BCUT2D eigenvalue weighted by Gasteiger charge is 2.51. The zero-order chi connectivity index (χ0) is 49.5. The van der Waals surface area contributed by atoms with E-state index in [-0.39, 0.29) is 24.8 Å². The number of alkyl halides is 5. The number of rotatable bonds is 10. The number of aryl methyl sites for hydroxylation is 1. The van der Waals surface area contributed by atoms with Gasteiger partial charge in [0.25, 0.3) is 5.92 Å². The number of carboxylic acids is 1. The normalized spacial score (nSPS) is 19.8. The van der Waals surface area contributed by atoms with E-state index in [1.807, 2.05) is 59.5 Å². The van der Waals surface area contributed by atoms with Crippen molar-refractivity contribution in [2.75, 3.05) is 18.6 Å². The Morgan fingerprint density at radius 1 is 0.928 bits per heavy atom. The molecule has 5 aromatic rings. The van der Waals surface area contributed by atoms with Crippen molar-refractivity contribution in [3.05, 3.63) is 108 Å². The fraction of sp³-hybridized carbons (Fsp3) is 0.347. The molecule has 0 radical (unpaired) electrons. The Morgan fingerprint density at radius 2 is 1.62 bits per heavy atom. The van der Waals surface area contributed by atoms with E-state index in [0.29, 0.717) is 30.8 Å². The molecule has 0 saturated carbocycles. The van der Waals surface area contributed by atoms with Crippen LogP contribution < -0.4 is 10.2 Å². The van der Waals surface area contributed by atoms with Gasteiger partial charge >= 0.3 is 24.2 Å². The Balaban J connectivity index is 0.000000853. The van der Waals surface area contributed by atoms with E-state index < -0.39 is 72.9 Å². The number of halogens is 5. The number of esters is 1. The SMILES string of the molecule is COC(=O)C[C@H]1CCc2cccc3c2N(C1=O)[C@H](c1ncc(-c2cnc4cc(-c5ccc(C6=CN=C([C@@H]7CC(F)(F)CN7C(=O)[C@@H](NC(=O)O)C(C)C)C6)cc5)ccc4c2)[nH]1)C3.O=C(O)C(F)(F)F. The summed E-state index contributed by atoms with van der Waals surface area (Å²) in [4.78, 5) is 80.4. The first kappa shape index (κ1) is 48.0. The van der Waals surface area contributed by atoms with Crippen LogP contribution in [0.4, 0.5) is 32.4 Å². The minimum Gasteiger partial charge on any atom is -0.475 e. The number of aromatic nitrogens is 3. The van der Waals surface area contributed by atoms with Gasteiger partial charge in [0.1, 0.15) is 11.9 Å². The van der Waals surface area contributed by atoms with Crippen LogP contribution in [0.2, 0.25) is 0 Å². The lowest BCUT2D eigenvalue weighted by molar-refractivity contribution is -0.192. The van der Waals surface area contributed by atoms with E-state index in [1.165, 1.54) is 7.11 Å². The summed E-state index contributed by atoms with van der Waals surface area (Å²) >= 11 is 0. The number of aliphatic carboxylic acids is 1. The van der Waals surface area contributed by atoms with Crippen molar-refractivity contribution >= 4 is 57.7 Å². The van der Waals surface area contributed by atoms with Gasteiger partial charge in [-0.3, -0.25) is 24.4 Å². The third-order valence-corrected chi connectivity index (χ3v) is 12.8. The van der Waals surface area contributed by atoms with Crippen LogP contribution in [0, 0.1) is 11.8 Å². The number of methoxy groups -OCH3 is 1. The van der Waals surface area contributed by atoms with Crippen molar-refractivity contribution in [2.24, 2.45) is 16.8 Å². The monoisotopic (exact) mass is 955 g/mol. The summed E-state index contributed by atoms with van der Waals surface area (Å²) in [6.07, 6.45) is 0.350. The maximum absolute atomic E-state index is 14.8. The molecule has 0 bridgehead atoms. The number of carbonyl (C=O) groups is 5. The minimum atomic E-state index is -5.08. The van der Waals surface area contributed by atoms with Crippen molar-refractivity contribution in [3.63, 3.8) is 0 Å². The van der Waals surface area contributed by atoms with Crippen LogP contribution in [0.25, 0.3) is 38.9 Å². The Labute approximate surface area is 391 Å². The maximum Gasteiger partial charge on any atom is 0.490 e. The zero-order valence-electron chi connectivity index (χ0n) is 37.4. The summed E-state index contributed by atoms with van der Waals surface area (Å²) in [6.45, 7) is 2.54. The number of likely N-dealkylation sites (tertiary alicyclic amines) is 1. The number of hydrogen-bond donors (Lipinski definition) is 4. The number of para-hydroxylation sites is 1. The van der Waals surface area contributed by atoms with Gasteiger partial charge in [-0.1, -0.05) is 68.4 Å². The number of hydrogen-bond acceptors (Lipinski definition) is 9. The number of carbonyl (C=O) groups excluding carboxylic acids is 3. The van der Waals surface area contributed by atoms with Crippen molar-refractivity contribution < 1.29 is 60.9 Å². The largest absolute Gasteiger partial charge is 0.490 e. The van der Waals surface area contributed by atoms with Crippen LogP contribution in [-0.4, -0.2) is 103 Å². The van der Waals surface area contributed by atoms with Gasteiger partial charge in [0.2, 0.25) is 11.8 Å². The Bertz CT molecular complexity index is 2920. The van der Waals surface area contributed by atoms with E-state index in [1.54, 1.807) is 32.4 Å². The number of aromatic amines is 1. The van der Waals surface area contributed by atoms with Gasteiger partial charge in [-0.05, 0) is 64.3 Å². The Morgan fingerprint density at radius 3 is 2.30 bits per heavy atom. The van der Waals surface area contributed by atoms with Crippen LogP contribution in [0.1, 0.15) is 68.1 Å². The highest BCUT2D eigenvalue weighted by atomic mass is 19.4. The van der Waals surface area contributed by atoms with Crippen molar-refractivity contribution in [1.29, 1.82) is 0 Å². The molecule has 0 spiro atoms. The smallest absolute Gasteiger partial charge is 0.475 e. The molecule has 0 aliphatic carbocycles. The predicted octanol–water partition coefficient (Wildman–Crippen LogP) is 8.40. The fourth-order valence-electron chi connectivity index (χ4n) is 9.36. The second kappa shape index (κ2) is 18.9. The van der Waals surface area contributed by atoms with Crippen molar-refractivity contribution in [3.8, 4) is 22.4 Å². The highest BCUT2D eigenvalue weighted by Crippen LogP contribution is 2.46. The lowest BCUT2D eigenvalue weighted by atomic mass is 9.95. The number of fused-ring (bicyclic) bond motifs is 1. The average Bonchev–Trinajstić information content (AvgIpc) is 4.12. The number of imidazole rings is 1. The third kappa shape index (κ3) is 10.1. The second-order valence-electron chi connectivity index (χ2n) is 17.7. The molecule has 0 unspecified atom stereocenters. The summed E-state index contributed by atoms with van der Waals surface area (Å²) in [6, 6.07) is 19.6. The molecule has 69 heavy (non-hydrogen) atoms. The first-order valence-corrected chi connectivity index (χ1v) is 22.0. The molecule has 20 heteroatoms. The molecule has 15 nitrogen and oxygen atoms in total. The molecule has 3 amide bonds. The molecular formula is C49H46F5N7O8. The average molecular weight is 956 g/mol. The standard InChI is InChI=1S/C47H45F2N7O6.C2HF3O2/c1-25(2)41(54-46(60)61)45(59)55-24-47(48,49)20-39(55)36-17-33(21-51-36)27-9-7-26(8-10-27)29-12-13-30-15-34(22-50-35(30)16-29)37-23-52-43(53-37)38-18-31-6-4-5-28-11-14-32(19-40(57)62-3)44(58)56(38)42(28)31;3-2(4,5)1(6)7/h4-10,12-13,15-16,21-23,25,32,38-39,41,54H,11,14,17-20,24H2,1-3H3,(H,52,53)(H,60,61);(H,6,7)/t32-,38+,39+,41+;/m1./s1. The molecular weight excluding hydrogens is 910 g/mol. The molecule has 3 aromatic carbocycles. The van der Waals surface area contributed by atoms with Crippen LogP contribution in [0.3, 0.4) is 0 Å². The van der Waals surface area contributed by atoms with Gasteiger partial charge in [0, 0.05) is 54.2 Å². The Kier molecular flexibility index (Phi) is 13.1. The summed E-state index contributed by atoms with van der Waals surface area (Å²) in [5.74, 6) is -7.32. The van der Waals surface area contributed by atoms with Gasteiger partial charge in [0.05, 0.1) is 55.3 Å². The third-order valence-electron chi connectivity index (χ3n) is 12.8. The van der Waals surface area contributed by atoms with Crippen LogP contribution in [0.15, 0.2) is 90.3 Å². The summed E-state index contributed by atoms with van der Waals surface area (Å²) in [5.41, 5.74) is 9.55. The van der Waals surface area contributed by atoms with E-state index in [2.05, 4.69) is 27.4 Å². The molecule has 6 heterocycles. The molecule has 4 atom stereocenters. The van der Waals surface area contributed by atoms with E-state index in [4.69, 9.17) is 24.6 Å². The zero-order valence-corrected chi connectivity index (χ0v) is 37.4. The predicted molar refractivity (Wildman–Crippen MR) is 242 cm³/mol. The van der Waals surface area contributed by atoms with Gasteiger partial charge in [-0.25, -0.2) is 23.4 Å². The van der Waals surface area contributed by atoms with Gasteiger partial charge in [-0.2, -0.15) is 13.2 Å². The van der Waals surface area contributed by atoms with Crippen molar-refractivity contribution in [2.45, 2.75) is 82.6 Å².